The summed E-state index contributed by atoms with van der Waals surface area (Å²) < 4.78 is 2.40. The summed E-state index contributed by atoms with van der Waals surface area (Å²) in [4.78, 5) is 2.48. The highest BCUT2D eigenvalue weighted by atomic mass is 15.3. The van der Waals surface area contributed by atoms with Crippen LogP contribution in [0.4, 0.5) is 5.82 Å². The zero-order chi connectivity index (χ0) is 14.9. The normalized spacial score (nSPS) is 15.4. The van der Waals surface area contributed by atoms with Gasteiger partial charge in [-0.2, -0.15) is 0 Å². The first-order valence-electron chi connectivity index (χ1n) is 7.96. The van der Waals surface area contributed by atoms with E-state index in [2.05, 4.69) is 76.3 Å². The zero-order valence-electron chi connectivity index (χ0n) is 12.9. The number of hydrogen-bond acceptors (Lipinski definition) is 2. The minimum Gasteiger partial charge on any atom is -0.355 e. The molecule has 0 bridgehead atoms. The molecule has 0 saturated carbocycles. The molecule has 0 spiro atoms. The Bertz CT molecular complexity index is 797. The Kier molecular flexibility index (Phi) is 3.35. The van der Waals surface area contributed by atoms with Crippen LogP contribution in [0.25, 0.3) is 16.6 Å². The van der Waals surface area contributed by atoms with Crippen LogP contribution in [0.1, 0.15) is 5.56 Å². The summed E-state index contributed by atoms with van der Waals surface area (Å²) in [6.07, 6.45) is 0. The molecule has 3 aromatic rings. The van der Waals surface area contributed by atoms with E-state index >= 15 is 0 Å². The molecule has 1 N–H and O–H groups in total. The van der Waals surface area contributed by atoms with E-state index < -0.39 is 0 Å². The molecular formula is C19H21N3. The van der Waals surface area contributed by atoms with Gasteiger partial charge in [-0.15, -0.1) is 0 Å². The third-order valence-corrected chi connectivity index (χ3v) is 4.39. The molecule has 1 saturated heterocycles. The molecule has 0 radical (unpaired) electrons. The summed E-state index contributed by atoms with van der Waals surface area (Å²) in [5.74, 6) is 1.30. The van der Waals surface area contributed by atoms with Crippen molar-refractivity contribution in [2.75, 3.05) is 31.1 Å². The Balaban J connectivity index is 1.93. The largest absolute Gasteiger partial charge is 0.355 e. The fourth-order valence-corrected chi connectivity index (χ4v) is 3.31. The maximum atomic E-state index is 3.44. The van der Waals surface area contributed by atoms with E-state index in [4.69, 9.17) is 0 Å². The van der Waals surface area contributed by atoms with Crippen LogP contribution in [0.2, 0.25) is 0 Å². The second-order valence-electron chi connectivity index (χ2n) is 5.97. The lowest BCUT2D eigenvalue weighted by Crippen LogP contribution is -2.44. The van der Waals surface area contributed by atoms with Crippen molar-refractivity contribution in [3.8, 4) is 5.69 Å². The Morgan fingerprint density at radius 1 is 0.909 bits per heavy atom. The summed E-state index contributed by atoms with van der Waals surface area (Å²) in [5.41, 5.74) is 3.82. The van der Waals surface area contributed by atoms with E-state index in [9.17, 15) is 0 Å². The van der Waals surface area contributed by atoms with Crippen molar-refractivity contribution < 1.29 is 0 Å². The highest BCUT2D eigenvalue weighted by Crippen LogP contribution is 2.30. The second-order valence-corrected chi connectivity index (χ2v) is 5.97. The molecule has 1 aliphatic rings. The van der Waals surface area contributed by atoms with E-state index in [1.807, 2.05) is 0 Å². The van der Waals surface area contributed by atoms with Crippen molar-refractivity contribution in [3.05, 3.63) is 60.2 Å². The van der Waals surface area contributed by atoms with Crippen LogP contribution in [0.3, 0.4) is 0 Å². The van der Waals surface area contributed by atoms with Gasteiger partial charge in [0.25, 0.3) is 0 Å². The first kappa shape index (κ1) is 13.4. The van der Waals surface area contributed by atoms with Crippen molar-refractivity contribution in [2.24, 2.45) is 0 Å². The quantitative estimate of drug-likeness (QED) is 0.781. The predicted molar refractivity (Wildman–Crippen MR) is 93.1 cm³/mol. The van der Waals surface area contributed by atoms with Crippen LogP contribution in [0, 0.1) is 6.92 Å². The van der Waals surface area contributed by atoms with Crippen molar-refractivity contribution in [1.29, 1.82) is 0 Å². The van der Waals surface area contributed by atoms with Gasteiger partial charge in [0.2, 0.25) is 0 Å². The van der Waals surface area contributed by atoms with Crippen molar-refractivity contribution in [3.63, 3.8) is 0 Å². The van der Waals surface area contributed by atoms with Crippen LogP contribution < -0.4 is 10.2 Å². The van der Waals surface area contributed by atoms with E-state index in [1.54, 1.807) is 0 Å². The third kappa shape index (κ3) is 2.28. The van der Waals surface area contributed by atoms with Gasteiger partial charge in [0.1, 0.15) is 5.82 Å². The smallest absolute Gasteiger partial charge is 0.114 e. The number of anilines is 1. The molecule has 2 aromatic carbocycles. The molecule has 3 nitrogen and oxygen atoms in total. The number of piperazine rings is 1. The van der Waals surface area contributed by atoms with Crippen LogP contribution in [-0.2, 0) is 0 Å². The number of hydrogen-bond donors (Lipinski definition) is 1. The molecule has 0 unspecified atom stereocenters. The maximum Gasteiger partial charge on any atom is 0.114 e. The fourth-order valence-electron chi connectivity index (χ4n) is 3.31. The highest BCUT2D eigenvalue weighted by molar-refractivity contribution is 5.87. The Hall–Kier alpha value is -2.26. The minimum atomic E-state index is 1.05. The fraction of sp³-hybridized carbons (Fsp3) is 0.263. The summed E-state index contributed by atoms with van der Waals surface area (Å²) in [5, 5.41) is 4.74. The first-order chi connectivity index (χ1) is 10.8. The molecule has 0 atom stereocenters. The molecule has 2 heterocycles. The lowest BCUT2D eigenvalue weighted by atomic mass is 10.2. The van der Waals surface area contributed by atoms with Crippen molar-refractivity contribution in [2.45, 2.75) is 6.92 Å². The highest BCUT2D eigenvalue weighted by Gasteiger charge is 2.18. The summed E-state index contributed by atoms with van der Waals surface area (Å²) in [7, 11) is 0. The number of benzene rings is 2. The SMILES string of the molecule is Cc1cccc(-n2c(N3CCNCC3)cc3ccccc32)c1. The molecule has 1 aliphatic heterocycles. The number of fused-ring (bicyclic) bond motifs is 1. The van der Waals surface area contributed by atoms with Gasteiger partial charge in [-0.05, 0) is 36.8 Å². The number of rotatable bonds is 2. The summed E-state index contributed by atoms with van der Waals surface area (Å²) in [6.45, 7) is 6.37. The number of aromatic nitrogens is 1. The molecule has 4 rings (SSSR count). The molecule has 3 heteroatoms. The monoisotopic (exact) mass is 291 g/mol. The van der Waals surface area contributed by atoms with Gasteiger partial charge < -0.3 is 10.2 Å². The van der Waals surface area contributed by atoms with Crippen molar-refractivity contribution >= 4 is 16.7 Å². The lowest BCUT2D eigenvalue weighted by molar-refractivity contribution is 0.583. The Labute approximate surface area is 131 Å². The van der Waals surface area contributed by atoms with Gasteiger partial charge in [0.05, 0.1) is 5.52 Å². The molecule has 112 valence electrons. The molecule has 0 aliphatic carbocycles. The van der Waals surface area contributed by atoms with Crippen molar-refractivity contribution in [1.82, 2.24) is 9.88 Å². The van der Waals surface area contributed by atoms with E-state index in [1.165, 1.54) is 28.0 Å². The van der Waals surface area contributed by atoms with E-state index in [-0.39, 0.29) is 0 Å². The van der Waals surface area contributed by atoms with Crippen LogP contribution in [0.5, 0.6) is 0 Å². The minimum absolute atomic E-state index is 1.05. The average Bonchev–Trinajstić information content (AvgIpc) is 2.95. The Morgan fingerprint density at radius 3 is 2.55 bits per heavy atom. The molecular weight excluding hydrogens is 270 g/mol. The number of nitrogens with zero attached hydrogens (tertiary/aromatic N) is 2. The van der Waals surface area contributed by atoms with Gasteiger partial charge in [-0.25, -0.2) is 0 Å². The topological polar surface area (TPSA) is 20.2 Å². The zero-order valence-corrected chi connectivity index (χ0v) is 12.9. The number of nitrogens with one attached hydrogen (secondary N) is 1. The summed E-state index contributed by atoms with van der Waals surface area (Å²) >= 11 is 0. The maximum absolute atomic E-state index is 3.44. The average molecular weight is 291 g/mol. The van der Waals surface area contributed by atoms with Crippen LogP contribution in [0.15, 0.2) is 54.6 Å². The molecule has 1 fully saturated rings. The lowest BCUT2D eigenvalue weighted by Gasteiger charge is -2.30. The first-order valence-corrected chi connectivity index (χ1v) is 7.96. The van der Waals surface area contributed by atoms with E-state index in [0.29, 0.717) is 0 Å². The van der Waals surface area contributed by atoms with Gasteiger partial charge in [0.15, 0.2) is 0 Å². The predicted octanol–water partition coefficient (Wildman–Crippen LogP) is 3.35. The molecule has 22 heavy (non-hydrogen) atoms. The van der Waals surface area contributed by atoms with Gasteiger partial charge in [-0.1, -0.05) is 30.3 Å². The standard InChI is InChI=1S/C19H21N3/c1-15-5-4-7-17(13-15)22-18-8-3-2-6-16(18)14-19(22)21-11-9-20-10-12-21/h2-8,13-14,20H,9-12H2,1H3. The molecule has 0 amide bonds. The Morgan fingerprint density at radius 2 is 1.73 bits per heavy atom. The van der Waals surface area contributed by atoms with Gasteiger partial charge >= 0.3 is 0 Å². The number of aryl methyl sites for hydroxylation is 1. The van der Waals surface area contributed by atoms with E-state index in [0.717, 1.165) is 26.2 Å². The van der Waals surface area contributed by atoms with Crippen LogP contribution in [-0.4, -0.2) is 30.7 Å². The molecule has 1 aromatic heterocycles. The van der Waals surface area contributed by atoms with Crippen LogP contribution >= 0.6 is 0 Å². The summed E-state index contributed by atoms with van der Waals surface area (Å²) in [6, 6.07) is 19.7. The van der Waals surface area contributed by atoms with Gasteiger partial charge in [-0.3, -0.25) is 4.57 Å². The second kappa shape index (κ2) is 5.50. The number of para-hydroxylation sites is 1. The third-order valence-electron chi connectivity index (χ3n) is 4.39. The van der Waals surface area contributed by atoms with Gasteiger partial charge in [0, 0.05) is 37.3 Å².